The van der Waals surface area contributed by atoms with Crippen LogP contribution in [0.2, 0.25) is 0 Å². The summed E-state index contributed by atoms with van der Waals surface area (Å²) in [6.45, 7) is 4.95. The van der Waals surface area contributed by atoms with E-state index in [4.69, 9.17) is 9.72 Å². The Labute approximate surface area is 244 Å². The van der Waals surface area contributed by atoms with Crippen molar-refractivity contribution in [1.29, 1.82) is 0 Å². The first-order valence-electron chi connectivity index (χ1n) is 13.6. The van der Waals surface area contributed by atoms with E-state index in [0.29, 0.717) is 41.8 Å². The summed E-state index contributed by atoms with van der Waals surface area (Å²) in [5, 5.41) is 14.2. The molecular formula is C28H34Cl2F2N6O2. The number of aryl methyl sites for hydroxylation is 1. The van der Waals surface area contributed by atoms with Crippen molar-refractivity contribution in [2.24, 2.45) is 0 Å². The Morgan fingerprint density at radius 1 is 1.15 bits per heavy atom. The maximum atomic E-state index is 16.2. The number of rotatable bonds is 5. The Bertz CT molecular complexity index is 1400. The van der Waals surface area contributed by atoms with Gasteiger partial charge in [0, 0.05) is 49.9 Å². The number of hydrogen-bond acceptors (Lipinski definition) is 8. The minimum Gasteiger partial charge on any atom is -0.508 e. The number of hydrogen-bond donors (Lipinski definition) is 2. The van der Waals surface area contributed by atoms with E-state index in [0.717, 1.165) is 50.9 Å². The number of alkyl halides is 1. The summed E-state index contributed by atoms with van der Waals surface area (Å²) in [4.78, 5) is 18.2. The van der Waals surface area contributed by atoms with Crippen LogP contribution >= 0.6 is 24.8 Å². The highest BCUT2D eigenvalue weighted by Crippen LogP contribution is 2.41. The monoisotopic (exact) mass is 594 g/mol. The van der Waals surface area contributed by atoms with Crippen molar-refractivity contribution in [3.05, 3.63) is 35.8 Å². The molecule has 4 aliphatic heterocycles. The molecule has 0 radical (unpaired) electrons. The largest absolute Gasteiger partial charge is 0.508 e. The van der Waals surface area contributed by atoms with Gasteiger partial charge in [-0.2, -0.15) is 9.97 Å². The van der Waals surface area contributed by atoms with Crippen molar-refractivity contribution in [2.75, 3.05) is 37.7 Å². The van der Waals surface area contributed by atoms with Crippen LogP contribution in [0.25, 0.3) is 22.2 Å². The van der Waals surface area contributed by atoms with Crippen LogP contribution in [0, 0.1) is 12.7 Å². The van der Waals surface area contributed by atoms with E-state index < -0.39 is 12.0 Å². The second kappa shape index (κ2) is 11.0. The van der Waals surface area contributed by atoms with E-state index >= 15 is 4.39 Å². The minimum absolute atomic E-state index is 0. The summed E-state index contributed by atoms with van der Waals surface area (Å²) in [5.41, 5.74) is 1.21. The predicted molar refractivity (Wildman–Crippen MR) is 154 cm³/mol. The zero-order valence-electron chi connectivity index (χ0n) is 22.3. The van der Waals surface area contributed by atoms with E-state index in [2.05, 4.69) is 25.1 Å². The number of nitrogens with zero attached hydrogens (tertiary/aromatic N) is 5. The molecule has 40 heavy (non-hydrogen) atoms. The van der Waals surface area contributed by atoms with Crippen LogP contribution < -0.4 is 15.0 Å². The molecule has 0 spiro atoms. The summed E-state index contributed by atoms with van der Waals surface area (Å²) in [6.07, 6.45) is 5.29. The Kier molecular flexibility index (Phi) is 8.00. The first-order valence-corrected chi connectivity index (χ1v) is 13.6. The number of anilines is 1. The topological polar surface area (TPSA) is 86.6 Å². The third kappa shape index (κ3) is 4.93. The fourth-order valence-corrected chi connectivity index (χ4v) is 7.00. The number of nitrogens with one attached hydrogen (secondary N) is 1. The van der Waals surface area contributed by atoms with Crippen molar-refractivity contribution in [2.45, 2.75) is 62.8 Å². The molecule has 0 amide bonds. The van der Waals surface area contributed by atoms with Crippen molar-refractivity contribution in [3.8, 4) is 23.0 Å². The highest BCUT2D eigenvalue weighted by atomic mass is 35.5. The lowest BCUT2D eigenvalue weighted by molar-refractivity contribution is 0.107. The van der Waals surface area contributed by atoms with Crippen LogP contribution in [0.4, 0.5) is 14.6 Å². The molecule has 3 aromatic rings. The number of phenolic OH excluding ortho intramolecular Hbond substituents is 1. The number of piperazine rings is 1. The maximum Gasteiger partial charge on any atom is 0.319 e. The number of aromatic nitrogens is 3. The number of benzene rings is 1. The van der Waals surface area contributed by atoms with Gasteiger partial charge in [-0.15, -0.1) is 24.8 Å². The lowest BCUT2D eigenvalue weighted by atomic mass is 9.95. The normalized spacial score (nSPS) is 27.4. The number of fused-ring (bicyclic) bond motifs is 4. The molecule has 4 atom stereocenters. The van der Waals surface area contributed by atoms with Crippen LogP contribution in [0.15, 0.2) is 24.4 Å². The second-order valence-corrected chi connectivity index (χ2v) is 11.4. The van der Waals surface area contributed by atoms with Gasteiger partial charge in [0.1, 0.15) is 35.6 Å². The molecule has 4 aliphatic rings. The van der Waals surface area contributed by atoms with Crippen molar-refractivity contribution < 1.29 is 18.6 Å². The fourth-order valence-electron chi connectivity index (χ4n) is 7.00. The van der Waals surface area contributed by atoms with Crippen LogP contribution in [-0.4, -0.2) is 81.5 Å². The van der Waals surface area contributed by atoms with Crippen LogP contribution in [0.3, 0.4) is 0 Å². The molecule has 2 aromatic heterocycles. The van der Waals surface area contributed by atoms with E-state index in [1.807, 2.05) is 6.92 Å². The van der Waals surface area contributed by atoms with Gasteiger partial charge in [0.25, 0.3) is 0 Å². The third-order valence-electron chi connectivity index (χ3n) is 8.87. The molecule has 8 nitrogen and oxygen atoms in total. The quantitative estimate of drug-likeness (QED) is 0.444. The molecule has 0 aliphatic carbocycles. The van der Waals surface area contributed by atoms with Gasteiger partial charge in [-0.1, -0.05) is 6.07 Å². The fraction of sp³-hybridized carbons (Fsp3) is 0.536. The summed E-state index contributed by atoms with van der Waals surface area (Å²) in [7, 11) is 0. The first-order chi connectivity index (χ1) is 18.4. The molecule has 216 valence electrons. The van der Waals surface area contributed by atoms with Gasteiger partial charge in [-0.3, -0.25) is 9.88 Å². The average Bonchev–Trinajstić information content (AvgIpc) is 3.55. The van der Waals surface area contributed by atoms with Gasteiger partial charge in [0.15, 0.2) is 5.82 Å². The standard InChI is InChI=1S/C28H32F2N6O2.2ClH/c1-16-3-6-20(37)9-21(16)24-23(30)25-22(11-31-24)26(35-13-18-4-5-19(14-35)32-18)34-27(33-25)38-15-28-7-2-8-36(28)12-17(29)10-28;;/h3,6,9,11,17-19,32,37H,2,4-5,7-8,10,12-15H2,1H3;2*1H/t17?,18-,19+,28?;;. The Morgan fingerprint density at radius 3 is 2.70 bits per heavy atom. The van der Waals surface area contributed by atoms with Gasteiger partial charge in [-0.05, 0) is 56.8 Å². The summed E-state index contributed by atoms with van der Waals surface area (Å²) < 4.78 is 36.7. The highest BCUT2D eigenvalue weighted by Gasteiger charge is 2.49. The number of pyridine rings is 1. The number of halogens is 4. The molecule has 6 heterocycles. The zero-order valence-corrected chi connectivity index (χ0v) is 23.9. The van der Waals surface area contributed by atoms with Gasteiger partial charge in [-0.25, -0.2) is 8.78 Å². The van der Waals surface area contributed by atoms with Gasteiger partial charge < -0.3 is 20.1 Å². The third-order valence-corrected chi connectivity index (χ3v) is 8.87. The molecular weight excluding hydrogens is 561 g/mol. The molecule has 12 heteroatoms. The molecule has 2 N–H and O–H groups in total. The molecule has 2 unspecified atom stereocenters. The van der Waals surface area contributed by atoms with Crippen molar-refractivity contribution in [1.82, 2.24) is 25.2 Å². The Hall–Kier alpha value is -2.53. The summed E-state index contributed by atoms with van der Waals surface area (Å²) in [5.74, 6) is 0.0800. The van der Waals surface area contributed by atoms with Gasteiger partial charge in [0.05, 0.1) is 10.9 Å². The maximum absolute atomic E-state index is 16.2. The Morgan fingerprint density at radius 2 is 1.93 bits per heavy atom. The van der Waals surface area contributed by atoms with E-state index in [-0.39, 0.29) is 59.9 Å². The van der Waals surface area contributed by atoms with Crippen molar-refractivity contribution in [3.63, 3.8) is 0 Å². The van der Waals surface area contributed by atoms with Crippen LogP contribution in [0.5, 0.6) is 11.8 Å². The average molecular weight is 596 g/mol. The van der Waals surface area contributed by atoms with Crippen LogP contribution in [-0.2, 0) is 0 Å². The molecule has 2 bridgehead atoms. The molecule has 0 saturated carbocycles. The SMILES string of the molecule is Cc1ccc(O)cc1-c1ncc2c(N3C[C@H]4CC[C@@H](C3)N4)nc(OCC34CCCN3CC(F)C4)nc2c1F.Cl.Cl. The molecule has 7 rings (SSSR count). The zero-order chi connectivity index (χ0) is 26.0. The smallest absolute Gasteiger partial charge is 0.319 e. The second-order valence-electron chi connectivity index (χ2n) is 11.4. The summed E-state index contributed by atoms with van der Waals surface area (Å²) >= 11 is 0. The Balaban J connectivity index is 0.00000161. The highest BCUT2D eigenvalue weighted by molar-refractivity contribution is 5.92. The lowest BCUT2D eigenvalue weighted by Gasteiger charge is -2.34. The number of ether oxygens (including phenoxy) is 1. The van der Waals surface area contributed by atoms with Gasteiger partial charge >= 0.3 is 6.01 Å². The van der Waals surface area contributed by atoms with E-state index in [1.54, 1.807) is 18.3 Å². The lowest BCUT2D eigenvalue weighted by Crippen LogP contribution is -2.51. The molecule has 4 saturated heterocycles. The summed E-state index contributed by atoms with van der Waals surface area (Å²) in [6, 6.07) is 5.65. The van der Waals surface area contributed by atoms with Crippen molar-refractivity contribution >= 4 is 41.5 Å². The molecule has 4 fully saturated rings. The molecule has 1 aromatic carbocycles. The number of phenols is 1. The van der Waals surface area contributed by atoms with Crippen LogP contribution in [0.1, 0.15) is 37.7 Å². The minimum atomic E-state index is -0.861. The first kappa shape index (κ1) is 29.0. The predicted octanol–water partition coefficient (Wildman–Crippen LogP) is 4.58. The van der Waals surface area contributed by atoms with E-state index in [1.165, 1.54) is 6.07 Å². The number of aromatic hydroxyl groups is 1. The van der Waals surface area contributed by atoms with E-state index in [9.17, 15) is 9.50 Å². The van der Waals surface area contributed by atoms with Gasteiger partial charge in [0.2, 0.25) is 0 Å².